The van der Waals surface area contributed by atoms with E-state index in [1.165, 1.54) is 22.3 Å². The van der Waals surface area contributed by atoms with Gasteiger partial charge in [0, 0.05) is 0 Å². The first kappa shape index (κ1) is 14.2. The monoisotopic (exact) mass is 281 g/mol. The summed E-state index contributed by atoms with van der Waals surface area (Å²) in [6.45, 7) is 4.21. The number of methoxy groups -OCH3 is 1. The highest BCUT2D eigenvalue weighted by Gasteiger charge is 2.35. The lowest BCUT2D eigenvalue weighted by molar-refractivity contribution is 0.408. The molecule has 0 aromatic heterocycles. The summed E-state index contributed by atoms with van der Waals surface area (Å²) < 4.78 is 5.43. The molecule has 0 fully saturated rings. The van der Waals surface area contributed by atoms with Gasteiger partial charge in [-0.25, -0.2) is 0 Å². The molecule has 0 amide bonds. The highest BCUT2D eigenvalue weighted by molar-refractivity contribution is 5.51. The Morgan fingerprint density at radius 1 is 1.05 bits per heavy atom. The van der Waals surface area contributed by atoms with Crippen molar-refractivity contribution in [3.05, 3.63) is 64.2 Å². The molecule has 0 saturated carbocycles. The van der Waals surface area contributed by atoms with Gasteiger partial charge in [-0.15, -0.1) is 0 Å². The van der Waals surface area contributed by atoms with Gasteiger partial charge in [0.25, 0.3) is 0 Å². The molecule has 3 rings (SSSR count). The van der Waals surface area contributed by atoms with E-state index in [0.29, 0.717) is 0 Å². The van der Waals surface area contributed by atoms with E-state index in [1.807, 2.05) is 0 Å². The molecule has 0 aliphatic heterocycles. The zero-order chi connectivity index (χ0) is 15.0. The van der Waals surface area contributed by atoms with Crippen molar-refractivity contribution >= 4 is 0 Å². The number of hydrogen-bond donors (Lipinski definition) is 1. The van der Waals surface area contributed by atoms with Crippen LogP contribution in [0.2, 0.25) is 0 Å². The molecule has 1 aliphatic rings. The van der Waals surface area contributed by atoms with E-state index in [-0.39, 0.29) is 5.54 Å². The minimum absolute atomic E-state index is 0.379. The van der Waals surface area contributed by atoms with Crippen molar-refractivity contribution in [2.45, 2.75) is 38.6 Å². The largest absolute Gasteiger partial charge is 0.496 e. The van der Waals surface area contributed by atoms with Crippen LogP contribution in [0.5, 0.6) is 5.75 Å². The van der Waals surface area contributed by atoms with Crippen LogP contribution in [-0.2, 0) is 12.0 Å². The van der Waals surface area contributed by atoms with Crippen molar-refractivity contribution in [1.29, 1.82) is 0 Å². The molecule has 2 heteroatoms. The van der Waals surface area contributed by atoms with Gasteiger partial charge in [0.15, 0.2) is 0 Å². The van der Waals surface area contributed by atoms with Gasteiger partial charge >= 0.3 is 0 Å². The van der Waals surface area contributed by atoms with E-state index in [9.17, 15) is 0 Å². The minimum atomic E-state index is -0.379. The molecule has 21 heavy (non-hydrogen) atoms. The predicted octanol–water partition coefficient (Wildman–Crippen LogP) is 3.85. The minimum Gasteiger partial charge on any atom is -0.496 e. The smallest absolute Gasteiger partial charge is 0.122 e. The Kier molecular flexibility index (Phi) is 3.50. The number of rotatable bonds is 2. The van der Waals surface area contributed by atoms with Crippen LogP contribution >= 0.6 is 0 Å². The Hall–Kier alpha value is -1.80. The third kappa shape index (κ3) is 2.24. The second-order valence-electron chi connectivity index (χ2n) is 6.12. The lowest BCUT2D eigenvalue weighted by atomic mass is 9.71. The summed E-state index contributed by atoms with van der Waals surface area (Å²) in [4.78, 5) is 0. The first-order valence-corrected chi connectivity index (χ1v) is 7.59. The number of ether oxygens (including phenoxy) is 1. The Morgan fingerprint density at radius 2 is 1.81 bits per heavy atom. The van der Waals surface area contributed by atoms with Crippen LogP contribution in [0.4, 0.5) is 0 Å². The first-order chi connectivity index (χ1) is 10.1. The van der Waals surface area contributed by atoms with E-state index in [2.05, 4.69) is 50.2 Å². The molecule has 2 nitrogen and oxygen atoms in total. The zero-order valence-electron chi connectivity index (χ0n) is 13.1. The van der Waals surface area contributed by atoms with Crippen molar-refractivity contribution in [2.75, 3.05) is 7.11 Å². The average molecular weight is 281 g/mol. The summed E-state index contributed by atoms with van der Waals surface area (Å²) in [5, 5.41) is 0. The van der Waals surface area contributed by atoms with Gasteiger partial charge in [0.05, 0.1) is 12.6 Å². The van der Waals surface area contributed by atoms with Crippen molar-refractivity contribution in [2.24, 2.45) is 5.73 Å². The average Bonchev–Trinajstić information content (AvgIpc) is 2.49. The summed E-state index contributed by atoms with van der Waals surface area (Å²) >= 11 is 0. The van der Waals surface area contributed by atoms with E-state index < -0.39 is 0 Å². The summed E-state index contributed by atoms with van der Waals surface area (Å²) in [6, 6.07) is 12.9. The fourth-order valence-corrected chi connectivity index (χ4v) is 3.64. The summed E-state index contributed by atoms with van der Waals surface area (Å²) in [5.74, 6) is 0.934. The van der Waals surface area contributed by atoms with Gasteiger partial charge in [-0.3, -0.25) is 0 Å². The number of hydrogen-bond acceptors (Lipinski definition) is 2. The van der Waals surface area contributed by atoms with Crippen molar-refractivity contribution in [1.82, 2.24) is 0 Å². The van der Waals surface area contributed by atoms with Gasteiger partial charge in [-0.2, -0.15) is 0 Å². The van der Waals surface area contributed by atoms with Crippen molar-refractivity contribution < 1.29 is 4.74 Å². The molecule has 0 radical (unpaired) electrons. The van der Waals surface area contributed by atoms with E-state index in [4.69, 9.17) is 10.5 Å². The number of fused-ring (bicyclic) bond motifs is 1. The molecule has 0 heterocycles. The fraction of sp³-hybridized carbons (Fsp3) is 0.368. The van der Waals surface area contributed by atoms with Crippen LogP contribution in [0, 0.1) is 13.8 Å². The molecule has 0 saturated heterocycles. The standard InChI is InChI=1S/C19H23NO/c1-13-12-18(21-3)14(2)11-17(13)19(20)10-6-8-15-7-4-5-9-16(15)19/h4-5,7,9,11-12H,6,8,10,20H2,1-3H3. The lowest BCUT2D eigenvalue weighted by Gasteiger charge is -2.37. The molecule has 0 spiro atoms. The quantitative estimate of drug-likeness (QED) is 0.907. The second-order valence-corrected chi connectivity index (χ2v) is 6.12. The van der Waals surface area contributed by atoms with Gasteiger partial charge in [-0.05, 0) is 73.1 Å². The van der Waals surface area contributed by atoms with Crippen LogP contribution in [-0.4, -0.2) is 7.11 Å². The molecule has 1 unspecified atom stereocenters. The van der Waals surface area contributed by atoms with Gasteiger partial charge < -0.3 is 10.5 Å². The van der Waals surface area contributed by atoms with Gasteiger partial charge in [0.2, 0.25) is 0 Å². The summed E-state index contributed by atoms with van der Waals surface area (Å²) in [6.07, 6.45) is 3.26. The van der Waals surface area contributed by atoms with Crippen LogP contribution in [0.25, 0.3) is 0 Å². The maximum Gasteiger partial charge on any atom is 0.122 e. The predicted molar refractivity (Wildman–Crippen MR) is 86.8 cm³/mol. The van der Waals surface area contributed by atoms with Gasteiger partial charge in [-0.1, -0.05) is 24.3 Å². The molecular weight excluding hydrogens is 258 g/mol. The molecular formula is C19H23NO. The molecule has 2 aromatic rings. The van der Waals surface area contributed by atoms with Crippen LogP contribution in [0.15, 0.2) is 36.4 Å². The molecule has 0 bridgehead atoms. The molecule has 1 aliphatic carbocycles. The number of benzene rings is 2. The Labute approximate surface area is 126 Å². The maximum absolute atomic E-state index is 6.91. The highest BCUT2D eigenvalue weighted by Crippen LogP contribution is 2.41. The Balaban J connectivity index is 2.19. The fourth-order valence-electron chi connectivity index (χ4n) is 3.64. The molecule has 2 N–H and O–H groups in total. The number of nitrogens with two attached hydrogens (primary N) is 1. The number of aryl methyl sites for hydroxylation is 3. The molecule has 110 valence electrons. The Morgan fingerprint density at radius 3 is 2.57 bits per heavy atom. The highest BCUT2D eigenvalue weighted by atomic mass is 16.5. The SMILES string of the molecule is COc1cc(C)c(C2(N)CCCc3ccccc32)cc1C. The van der Waals surface area contributed by atoms with Crippen LogP contribution in [0.1, 0.15) is 40.7 Å². The maximum atomic E-state index is 6.91. The lowest BCUT2D eigenvalue weighted by Crippen LogP contribution is -2.41. The molecule has 2 aromatic carbocycles. The topological polar surface area (TPSA) is 35.2 Å². The van der Waals surface area contributed by atoms with E-state index in [0.717, 1.165) is 30.6 Å². The van der Waals surface area contributed by atoms with E-state index >= 15 is 0 Å². The summed E-state index contributed by atoms with van der Waals surface area (Å²) in [5.41, 5.74) is 12.8. The Bertz CT molecular complexity index is 677. The normalized spacial score (nSPS) is 21.0. The third-order valence-electron chi connectivity index (χ3n) is 4.74. The van der Waals surface area contributed by atoms with Gasteiger partial charge in [0.1, 0.15) is 5.75 Å². The van der Waals surface area contributed by atoms with E-state index in [1.54, 1.807) is 7.11 Å². The second kappa shape index (κ2) is 5.19. The van der Waals surface area contributed by atoms with Crippen molar-refractivity contribution in [3.8, 4) is 5.75 Å². The third-order valence-corrected chi connectivity index (χ3v) is 4.74. The zero-order valence-corrected chi connectivity index (χ0v) is 13.1. The molecule has 1 atom stereocenters. The van der Waals surface area contributed by atoms with Crippen LogP contribution < -0.4 is 10.5 Å². The van der Waals surface area contributed by atoms with Crippen LogP contribution in [0.3, 0.4) is 0 Å². The summed E-state index contributed by atoms with van der Waals surface area (Å²) in [7, 11) is 1.72. The first-order valence-electron chi connectivity index (χ1n) is 7.59. The van der Waals surface area contributed by atoms with Crippen molar-refractivity contribution in [3.63, 3.8) is 0 Å².